The van der Waals surface area contributed by atoms with Gasteiger partial charge in [-0.05, 0) is 36.1 Å². The molecule has 0 fully saturated rings. The Balaban J connectivity index is 0.000000686. The van der Waals surface area contributed by atoms with Crippen LogP contribution in [0.25, 0.3) is 10.9 Å². The van der Waals surface area contributed by atoms with Crippen molar-refractivity contribution in [3.05, 3.63) is 35.5 Å². The first kappa shape index (κ1) is 13.6. The number of rotatable bonds is 2. The summed E-state index contributed by atoms with van der Waals surface area (Å²) in [6.45, 7) is 10.5. The summed E-state index contributed by atoms with van der Waals surface area (Å²) in [6, 6.07) is 8.53. The SMILES string of the molecule is CC.CCc1cc2cc(C(C)C)ccc2nn1. The summed E-state index contributed by atoms with van der Waals surface area (Å²) < 4.78 is 0. The summed E-state index contributed by atoms with van der Waals surface area (Å²) >= 11 is 0. The van der Waals surface area contributed by atoms with Crippen LogP contribution >= 0.6 is 0 Å². The highest BCUT2D eigenvalue weighted by molar-refractivity contribution is 5.79. The third-order valence-corrected chi connectivity index (χ3v) is 2.69. The minimum Gasteiger partial charge on any atom is -0.155 e. The quantitative estimate of drug-likeness (QED) is 0.767. The molecule has 0 unspecified atom stereocenters. The van der Waals surface area contributed by atoms with Gasteiger partial charge in [0.15, 0.2) is 0 Å². The Morgan fingerprint density at radius 2 is 1.76 bits per heavy atom. The Morgan fingerprint density at radius 1 is 1.06 bits per heavy atom. The van der Waals surface area contributed by atoms with E-state index in [1.54, 1.807) is 0 Å². The summed E-state index contributed by atoms with van der Waals surface area (Å²) in [6.07, 6.45) is 0.939. The summed E-state index contributed by atoms with van der Waals surface area (Å²) in [7, 11) is 0. The molecule has 0 aliphatic rings. The Hall–Kier alpha value is -1.44. The molecular weight excluding hydrogens is 208 g/mol. The molecule has 0 atom stereocenters. The number of benzene rings is 1. The standard InChI is InChI=1S/C13H16N2.C2H6/c1-4-12-8-11-7-10(9(2)3)5-6-13(11)15-14-12;1-2/h5-9H,4H2,1-3H3;1-2H3. The van der Waals surface area contributed by atoms with Crippen LogP contribution in [-0.2, 0) is 6.42 Å². The van der Waals surface area contributed by atoms with Gasteiger partial charge in [-0.3, -0.25) is 0 Å². The summed E-state index contributed by atoms with van der Waals surface area (Å²) in [5, 5.41) is 9.55. The first-order valence-electron chi connectivity index (χ1n) is 6.47. The second-order valence-electron chi connectivity index (χ2n) is 4.16. The number of nitrogens with zero attached hydrogens (tertiary/aromatic N) is 2. The number of fused-ring (bicyclic) bond motifs is 1. The fraction of sp³-hybridized carbons (Fsp3) is 0.467. The minimum atomic E-state index is 0.563. The van der Waals surface area contributed by atoms with Crippen molar-refractivity contribution in [1.29, 1.82) is 0 Å². The van der Waals surface area contributed by atoms with E-state index in [1.165, 1.54) is 10.9 Å². The molecule has 17 heavy (non-hydrogen) atoms. The highest BCUT2D eigenvalue weighted by Gasteiger charge is 2.02. The molecule has 2 aromatic rings. The molecule has 0 saturated carbocycles. The van der Waals surface area contributed by atoms with Gasteiger partial charge in [0, 0.05) is 5.39 Å². The molecule has 0 N–H and O–H groups in total. The van der Waals surface area contributed by atoms with Crippen LogP contribution in [0.1, 0.15) is 51.8 Å². The van der Waals surface area contributed by atoms with E-state index in [9.17, 15) is 0 Å². The van der Waals surface area contributed by atoms with Gasteiger partial charge in [0.05, 0.1) is 11.2 Å². The monoisotopic (exact) mass is 230 g/mol. The molecule has 0 aliphatic carbocycles. The average Bonchev–Trinajstić information content (AvgIpc) is 2.39. The van der Waals surface area contributed by atoms with E-state index in [1.807, 2.05) is 13.8 Å². The van der Waals surface area contributed by atoms with Crippen molar-refractivity contribution in [2.75, 3.05) is 0 Å². The van der Waals surface area contributed by atoms with E-state index >= 15 is 0 Å². The molecule has 0 spiro atoms. The van der Waals surface area contributed by atoms with Gasteiger partial charge in [0.1, 0.15) is 0 Å². The van der Waals surface area contributed by atoms with E-state index in [2.05, 4.69) is 55.2 Å². The third-order valence-electron chi connectivity index (χ3n) is 2.69. The van der Waals surface area contributed by atoms with Gasteiger partial charge in [0.25, 0.3) is 0 Å². The second kappa shape index (κ2) is 6.33. The van der Waals surface area contributed by atoms with E-state index < -0.39 is 0 Å². The highest BCUT2D eigenvalue weighted by Crippen LogP contribution is 2.20. The van der Waals surface area contributed by atoms with Gasteiger partial charge >= 0.3 is 0 Å². The van der Waals surface area contributed by atoms with Gasteiger partial charge in [-0.2, -0.15) is 10.2 Å². The van der Waals surface area contributed by atoms with Crippen LogP contribution in [0.5, 0.6) is 0 Å². The van der Waals surface area contributed by atoms with Crippen LogP contribution in [0.15, 0.2) is 24.3 Å². The summed E-state index contributed by atoms with van der Waals surface area (Å²) in [5.74, 6) is 0.563. The van der Waals surface area contributed by atoms with Crippen LogP contribution in [0.3, 0.4) is 0 Å². The van der Waals surface area contributed by atoms with Gasteiger partial charge < -0.3 is 0 Å². The summed E-state index contributed by atoms with van der Waals surface area (Å²) in [5.41, 5.74) is 3.40. The van der Waals surface area contributed by atoms with Crippen molar-refractivity contribution in [2.45, 2.75) is 47.0 Å². The Morgan fingerprint density at radius 3 is 2.35 bits per heavy atom. The zero-order chi connectivity index (χ0) is 12.8. The van der Waals surface area contributed by atoms with Crippen LogP contribution in [0, 0.1) is 0 Å². The van der Waals surface area contributed by atoms with E-state index in [0.717, 1.165) is 17.6 Å². The third kappa shape index (κ3) is 3.26. The van der Waals surface area contributed by atoms with Crippen molar-refractivity contribution in [3.8, 4) is 0 Å². The zero-order valence-electron chi connectivity index (χ0n) is 11.5. The molecule has 2 nitrogen and oxygen atoms in total. The average molecular weight is 230 g/mol. The molecule has 1 heterocycles. The fourth-order valence-corrected chi connectivity index (χ4v) is 1.64. The smallest absolute Gasteiger partial charge is 0.0930 e. The van der Waals surface area contributed by atoms with Crippen LogP contribution in [-0.4, -0.2) is 10.2 Å². The maximum Gasteiger partial charge on any atom is 0.0930 e. The van der Waals surface area contributed by atoms with Crippen LogP contribution < -0.4 is 0 Å². The van der Waals surface area contributed by atoms with Crippen molar-refractivity contribution in [2.24, 2.45) is 0 Å². The highest BCUT2D eigenvalue weighted by atomic mass is 15.1. The molecule has 92 valence electrons. The van der Waals surface area contributed by atoms with Gasteiger partial charge in [0.2, 0.25) is 0 Å². The summed E-state index contributed by atoms with van der Waals surface area (Å²) in [4.78, 5) is 0. The van der Waals surface area contributed by atoms with Gasteiger partial charge in [-0.25, -0.2) is 0 Å². The van der Waals surface area contributed by atoms with Crippen LogP contribution in [0.4, 0.5) is 0 Å². The van der Waals surface area contributed by atoms with E-state index in [-0.39, 0.29) is 0 Å². The van der Waals surface area contributed by atoms with Gasteiger partial charge in [-0.1, -0.05) is 40.7 Å². The second-order valence-corrected chi connectivity index (χ2v) is 4.16. The largest absolute Gasteiger partial charge is 0.155 e. The topological polar surface area (TPSA) is 25.8 Å². The lowest BCUT2D eigenvalue weighted by molar-refractivity contribution is 0.867. The predicted molar refractivity (Wildman–Crippen MR) is 74.4 cm³/mol. The first-order valence-corrected chi connectivity index (χ1v) is 6.47. The number of aromatic nitrogens is 2. The molecular formula is C15H22N2. The number of hydrogen-bond acceptors (Lipinski definition) is 2. The molecule has 2 rings (SSSR count). The maximum absolute atomic E-state index is 4.20. The maximum atomic E-state index is 4.20. The van der Waals surface area contributed by atoms with E-state index in [0.29, 0.717) is 5.92 Å². The van der Waals surface area contributed by atoms with Gasteiger partial charge in [-0.15, -0.1) is 0 Å². The lowest BCUT2D eigenvalue weighted by Crippen LogP contribution is -1.93. The van der Waals surface area contributed by atoms with E-state index in [4.69, 9.17) is 0 Å². The first-order chi connectivity index (χ1) is 8.20. The van der Waals surface area contributed by atoms with Crippen molar-refractivity contribution >= 4 is 10.9 Å². The van der Waals surface area contributed by atoms with Crippen LogP contribution in [0.2, 0.25) is 0 Å². The Bertz CT molecular complexity index is 475. The van der Waals surface area contributed by atoms with Crippen molar-refractivity contribution < 1.29 is 0 Å². The number of aryl methyl sites for hydroxylation is 1. The molecule has 2 heteroatoms. The predicted octanol–water partition coefficient (Wildman–Crippen LogP) is 4.34. The minimum absolute atomic E-state index is 0.563. The number of hydrogen-bond donors (Lipinski definition) is 0. The van der Waals surface area contributed by atoms with Crippen molar-refractivity contribution in [1.82, 2.24) is 10.2 Å². The molecule has 0 aliphatic heterocycles. The lowest BCUT2D eigenvalue weighted by Gasteiger charge is -2.06. The zero-order valence-corrected chi connectivity index (χ0v) is 11.5. The molecule has 1 aromatic carbocycles. The lowest BCUT2D eigenvalue weighted by atomic mass is 10.0. The molecule has 0 bridgehead atoms. The van der Waals surface area contributed by atoms with Crippen molar-refractivity contribution in [3.63, 3.8) is 0 Å². The molecule has 0 saturated heterocycles. The normalized spacial score (nSPS) is 10.2. The molecule has 1 aromatic heterocycles. The fourth-order valence-electron chi connectivity index (χ4n) is 1.64. The molecule has 0 amide bonds. The Labute approximate surface area is 104 Å². The molecule has 0 radical (unpaired) electrons. The Kier molecular flexibility index (Phi) is 5.08.